The minimum atomic E-state index is -1.85. The van der Waals surface area contributed by atoms with Gasteiger partial charge in [0.1, 0.15) is 5.75 Å². The van der Waals surface area contributed by atoms with Gasteiger partial charge in [0, 0.05) is 0 Å². The van der Waals surface area contributed by atoms with Crippen LogP contribution >= 0.6 is 0 Å². The molecule has 0 aliphatic heterocycles. The Balaban J connectivity index is 2.19. The molecule has 1 aromatic carbocycles. The van der Waals surface area contributed by atoms with Crippen molar-refractivity contribution in [1.82, 2.24) is 0 Å². The first-order valence-corrected chi connectivity index (χ1v) is 11.4. The fourth-order valence-electron chi connectivity index (χ4n) is 2.57. The van der Waals surface area contributed by atoms with Crippen molar-refractivity contribution in [3.8, 4) is 5.75 Å². The highest BCUT2D eigenvalue weighted by Gasteiger charge is 2.39. The van der Waals surface area contributed by atoms with Crippen LogP contribution in [-0.4, -0.2) is 21.4 Å². The van der Waals surface area contributed by atoms with Gasteiger partial charge in [0.05, 0.1) is 13.5 Å². The third kappa shape index (κ3) is 4.60. The SMILES string of the molecule is COC(=O)CC(c1cccc(O[Si](C)(C)C(C)(C)C)c1)C1CC1. The molecule has 0 spiro atoms. The normalized spacial score (nSPS) is 16.8. The van der Waals surface area contributed by atoms with Crippen LogP contribution in [0.1, 0.15) is 51.5 Å². The van der Waals surface area contributed by atoms with Crippen LogP contribution in [0.4, 0.5) is 0 Å². The molecule has 2 rings (SSSR count). The molecule has 1 aromatic rings. The molecule has 1 fully saturated rings. The molecular weight excluding hydrogens is 304 g/mol. The van der Waals surface area contributed by atoms with Crippen molar-refractivity contribution in [1.29, 1.82) is 0 Å². The van der Waals surface area contributed by atoms with Crippen molar-refractivity contribution in [2.45, 2.75) is 64.1 Å². The summed E-state index contributed by atoms with van der Waals surface area (Å²) in [5.74, 6) is 1.67. The van der Waals surface area contributed by atoms with E-state index in [1.807, 2.05) is 12.1 Å². The van der Waals surface area contributed by atoms with E-state index >= 15 is 0 Å². The summed E-state index contributed by atoms with van der Waals surface area (Å²) in [5.41, 5.74) is 1.20. The van der Waals surface area contributed by atoms with Crippen molar-refractivity contribution in [3.05, 3.63) is 29.8 Å². The van der Waals surface area contributed by atoms with Crippen molar-refractivity contribution in [2.75, 3.05) is 7.11 Å². The number of carbonyl (C=O) groups excluding carboxylic acids is 1. The quantitative estimate of drug-likeness (QED) is 0.534. The van der Waals surface area contributed by atoms with E-state index in [0.29, 0.717) is 12.3 Å². The monoisotopic (exact) mass is 334 g/mol. The molecule has 0 heterocycles. The van der Waals surface area contributed by atoms with Gasteiger partial charge < -0.3 is 9.16 Å². The third-order valence-corrected chi connectivity index (χ3v) is 9.63. The van der Waals surface area contributed by atoms with Crippen LogP contribution in [-0.2, 0) is 9.53 Å². The van der Waals surface area contributed by atoms with E-state index in [1.165, 1.54) is 25.5 Å². The standard InChI is InChI=1S/C19H30O3Si/c1-19(2,3)23(5,6)22-16-9-7-8-15(12-16)17(14-10-11-14)13-18(20)21-4/h7-9,12,14,17H,10-11,13H2,1-6H3. The maximum absolute atomic E-state index is 11.7. The molecule has 1 aliphatic carbocycles. The summed E-state index contributed by atoms with van der Waals surface area (Å²) in [7, 11) is -0.384. The lowest BCUT2D eigenvalue weighted by Crippen LogP contribution is -2.43. The maximum atomic E-state index is 11.7. The van der Waals surface area contributed by atoms with Gasteiger partial charge in [-0.1, -0.05) is 32.9 Å². The molecule has 1 saturated carbocycles. The number of benzene rings is 1. The molecule has 0 amide bonds. The predicted octanol–water partition coefficient (Wildman–Crippen LogP) is 5.13. The van der Waals surface area contributed by atoms with Crippen LogP contribution in [0.15, 0.2) is 24.3 Å². The highest BCUT2D eigenvalue weighted by atomic mass is 28.4. The van der Waals surface area contributed by atoms with Crippen LogP contribution in [0.3, 0.4) is 0 Å². The molecule has 0 radical (unpaired) electrons. The van der Waals surface area contributed by atoms with E-state index in [4.69, 9.17) is 9.16 Å². The Morgan fingerprint density at radius 2 is 1.96 bits per heavy atom. The summed E-state index contributed by atoms with van der Waals surface area (Å²) in [6.45, 7) is 11.2. The zero-order valence-corrected chi connectivity index (χ0v) is 16.3. The van der Waals surface area contributed by atoms with E-state index in [0.717, 1.165) is 5.75 Å². The predicted molar refractivity (Wildman–Crippen MR) is 96.4 cm³/mol. The Morgan fingerprint density at radius 3 is 2.48 bits per heavy atom. The van der Waals surface area contributed by atoms with Gasteiger partial charge in [-0.15, -0.1) is 0 Å². The first kappa shape index (κ1) is 18.1. The molecule has 3 nitrogen and oxygen atoms in total. The fourth-order valence-corrected chi connectivity index (χ4v) is 3.60. The molecule has 0 N–H and O–H groups in total. The van der Waals surface area contributed by atoms with Gasteiger partial charge in [-0.05, 0) is 60.5 Å². The first-order valence-electron chi connectivity index (χ1n) is 8.50. The minimum Gasteiger partial charge on any atom is -0.543 e. The Bertz CT molecular complexity index is 556. The molecule has 1 unspecified atom stereocenters. The molecule has 4 heteroatoms. The molecule has 1 aliphatic rings. The van der Waals surface area contributed by atoms with Gasteiger partial charge in [-0.25, -0.2) is 0 Å². The van der Waals surface area contributed by atoms with Gasteiger partial charge >= 0.3 is 5.97 Å². The zero-order chi connectivity index (χ0) is 17.3. The highest BCUT2D eigenvalue weighted by Crippen LogP contribution is 2.45. The second-order valence-corrected chi connectivity index (χ2v) is 12.9. The average Bonchev–Trinajstić information content (AvgIpc) is 3.27. The van der Waals surface area contributed by atoms with Crippen LogP contribution in [0.2, 0.25) is 18.1 Å². The smallest absolute Gasteiger partial charge is 0.306 e. The number of carbonyl (C=O) groups is 1. The fraction of sp³-hybridized carbons (Fsp3) is 0.632. The highest BCUT2D eigenvalue weighted by molar-refractivity contribution is 6.74. The molecule has 23 heavy (non-hydrogen) atoms. The van der Waals surface area contributed by atoms with Crippen LogP contribution in [0.5, 0.6) is 5.75 Å². The van der Waals surface area contributed by atoms with Gasteiger partial charge in [0.15, 0.2) is 0 Å². The van der Waals surface area contributed by atoms with E-state index < -0.39 is 8.32 Å². The Morgan fingerprint density at radius 1 is 1.30 bits per heavy atom. The van der Waals surface area contributed by atoms with Crippen molar-refractivity contribution >= 4 is 14.3 Å². The van der Waals surface area contributed by atoms with Crippen molar-refractivity contribution < 1.29 is 14.0 Å². The third-order valence-electron chi connectivity index (χ3n) is 5.27. The summed E-state index contributed by atoms with van der Waals surface area (Å²) in [4.78, 5) is 11.7. The second-order valence-electron chi connectivity index (χ2n) is 8.16. The molecule has 1 atom stereocenters. The minimum absolute atomic E-state index is 0.127. The Labute approximate surface area is 141 Å². The summed E-state index contributed by atoms with van der Waals surface area (Å²) < 4.78 is 11.3. The van der Waals surface area contributed by atoms with E-state index in [9.17, 15) is 4.79 Å². The van der Waals surface area contributed by atoms with Gasteiger partial charge in [-0.2, -0.15) is 0 Å². The van der Waals surface area contributed by atoms with E-state index in [-0.39, 0.29) is 16.9 Å². The van der Waals surface area contributed by atoms with Crippen LogP contribution < -0.4 is 4.43 Å². The number of methoxy groups -OCH3 is 1. The molecule has 0 saturated heterocycles. The molecular formula is C19H30O3Si. The van der Waals surface area contributed by atoms with E-state index in [1.54, 1.807) is 0 Å². The lowest BCUT2D eigenvalue weighted by Gasteiger charge is -2.36. The summed E-state index contributed by atoms with van der Waals surface area (Å²) in [6.07, 6.45) is 2.87. The molecule has 0 aromatic heterocycles. The lowest BCUT2D eigenvalue weighted by atomic mass is 9.91. The second kappa shape index (κ2) is 6.68. The largest absolute Gasteiger partial charge is 0.543 e. The lowest BCUT2D eigenvalue weighted by molar-refractivity contribution is -0.141. The average molecular weight is 335 g/mol. The van der Waals surface area contributed by atoms with Crippen LogP contribution in [0, 0.1) is 5.92 Å². The van der Waals surface area contributed by atoms with Gasteiger partial charge in [0.25, 0.3) is 0 Å². The summed E-state index contributed by atoms with van der Waals surface area (Å²) >= 11 is 0. The van der Waals surface area contributed by atoms with Crippen molar-refractivity contribution in [2.24, 2.45) is 5.92 Å². The number of hydrogen-bond acceptors (Lipinski definition) is 3. The Hall–Kier alpha value is -1.29. The van der Waals surface area contributed by atoms with Crippen LogP contribution in [0.25, 0.3) is 0 Å². The van der Waals surface area contributed by atoms with E-state index in [2.05, 4.69) is 46.0 Å². The van der Waals surface area contributed by atoms with Crippen molar-refractivity contribution in [3.63, 3.8) is 0 Å². The summed E-state index contributed by atoms with van der Waals surface area (Å²) in [5, 5.41) is 0.172. The molecule has 128 valence electrons. The van der Waals surface area contributed by atoms with Gasteiger partial charge in [0.2, 0.25) is 8.32 Å². The van der Waals surface area contributed by atoms with Gasteiger partial charge in [-0.3, -0.25) is 4.79 Å². The number of esters is 1. The molecule has 0 bridgehead atoms. The first-order chi connectivity index (χ1) is 10.6. The summed E-state index contributed by atoms with van der Waals surface area (Å²) in [6, 6.07) is 8.33. The number of hydrogen-bond donors (Lipinski definition) is 0. The maximum Gasteiger partial charge on any atom is 0.306 e. The number of ether oxygens (including phenoxy) is 1. The zero-order valence-electron chi connectivity index (χ0n) is 15.3. The Kier molecular flexibility index (Phi) is 5.24. The topological polar surface area (TPSA) is 35.5 Å². The number of rotatable bonds is 6.